The van der Waals surface area contributed by atoms with E-state index < -0.39 is 26.9 Å². The fraction of sp³-hybridized carbons (Fsp3) is 0.905. The lowest BCUT2D eigenvalue weighted by molar-refractivity contribution is 0.0708. The molecule has 0 aliphatic carbocycles. The molecule has 0 aliphatic heterocycles. The van der Waals surface area contributed by atoms with Crippen LogP contribution in [0.15, 0.2) is 11.0 Å². The molecule has 0 saturated carbocycles. The summed E-state index contributed by atoms with van der Waals surface area (Å²) in [7, 11) is -5.39. The van der Waals surface area contributed by atoms with E-state index in [1.54, 1.807) is 0 Å². The van der Waals surface area contributed by atoms with E-state index in [-0.39, 0.29) is 0 Å². The van der Waals surface area contributed by atoms with Crippen molar-refractivity contribution < 1.29 is 22.1 Å². The molecule has 0 rings (SSSR count). The molecule has 0 bridgehead atoms. The van der Waals surface area contributed by atoms with Gasteiger partial charge in [0.25, 0.3) is 0 Å². The zero-order valence-electron chi connectivity index (χ0n) is 21.6. The molecular weight excluding hydrogens is 444 g/mol. The van der Waals surface area contributed by atoms with Gasteiger partial charge in [-0.05, 0) is 85.2 Å². The van der Waals surface area contributed by atoms with Crippen LogP contribution in [0.2, 0.25) is 12.6 Å². The van der Waals surface area contributed by atoms with E-state index in [1.165, 1.54) is 4.82 Å². The van der Waals surface area contributed by atoms with E-state index in [2.05, 4.69) is 50.7 Å². The van der Waals surface area contributed by atoms with Gasteiger partial charge in [0.05, 0.1) is 9.52 Å². The van der Waals surface area contributed by atoms with Crippen LogP contribution < -0.4 is 5.32 Å². The highest BCUT2D eigenvalue weighted by Gasteiger charge is 2.39. The Balaban J connectivity index is 4.90. The number of nitrogens with zero attached hydrogens (tertiary/aromatic N) is 1. The first kappa shape index (κ1) is 31.0. The molecule has 0 aromatic heterocycles. The molecule has 0 spiro atoms. The van der Waals surface area contributed by atoms with Crippen molar-refractivity contribution in [3.63, 3.8) is 0 Å². The van der Waals surface area contributed by atoms with E-state index in [0.717, 1.165) is 38.3 Å². The lowest BCUT2D eigenvalue weighted by Gasteiger charge is -2.31. The Hall–Kier alpha value is -0.0494. The highest BCUT2D eigenvalue weighted by atomic mass is 28.4. The third-order valence-corrected chi connectivity index (χ3v) is 15.2. The molecule has 0 amide bonds. The number of hydrogen-bond acceptors (Lipinski definition) is 7. The SMILES string of the molecule is CCO[Si](CCCNC[SiH2]C(=CN(CC)CC)[Si](C)(OCC)OCC)(OCC)OCC. The van der Waals surface area contributed by atoms with E-state index in [9.17, 15) is 0 Å². The lowest BCUT2D eigenvalue weighted by Crippen LogP contribution is -2.47. The van der Waals surface area contributed by atoms with E-state index in [1.807, 2.05) is 20.8 Å². The average molecular weight is 495 g/mol. The Morgan fingerprint density at radius 3 is 1.71 bits per heavy atom. The van der Waals surface area contributed by atoms with Gasteiger partial charge >= 0.3 is 17.4 Å². The molecule has 0 aromatic carbocycles. The van der Waals surface area contributed by atoms with Crippen LogP contribution in [-0.4, -0.2) is 90.6 Å². The van der Waals surface area contributed by atoms with Gasteiger partial charge in [0.15, 0.2) is 0 Å². The summed E-state index contributed by atoms with van der Waals surface area (Å²) in [6.45, 7) is 23.0. The lowest BCUT2D eigenvalue weighted by atomic mass is 10.5. The molecule has 31 heavy (non-hydrogen) atoms. The van der Waals surface area contributed by atoms with Crippen molar-refractivity contribution in [2.75, 3.05) is 58.8 Å². The van der Waals surface area contributed by atoms with Crippen LogP contribution >= 0.6 is 0 Å². The van der Waals surface area contributed by atoms with Gasteiger partial charge in [0, 0.05) is 52.2 Å². The molecule has 0 aliphatic rings. The highest BCUT2D eigenvalue weighted by Crippen LogP contribution is 2.19. The fourth-order valence-electron chi connectivity index (χ4n) is 3.59. The summed E-state index contributed by atoms with van der Waals surface area (Å²) in [6.07, 6.45) is 4.35. The Kier molecular flexibility index (Phi) is 18.4. The molecule has 1 N–H and O–H groups in total. The summed E-state index contributed by atoms with van der Waals surface area (Å²) < 4.78 is 30.3. The van der Waals surface area contributed by atoms with Crippen LogP contribution in [0.3, 0.4) is 0 Å². The third kappa shape index (κ3) is 12.1. The van der Waals surface area contributed by atoms with Crippen molar-refractivity contribution in [2.45, 2.75) is 67.5 Å². The van der Waals surface area contributed by atoms with Gasteiger partial charge in [0.2, 0.25) is 0 Å². The zero-order valence-corrected chi connectivity index (χ0v) is 25.0. The molecule has 10 heteroatoms. The Bertz CT molecular complexity index is 445. The monoisotopic (exact) mass is 494 g/mol. The van der Waals surface area contributed by atoms with Crippen LogP contribution in [-0.2, 0) is 22.1 Å². The first-order valence-corrected chi connectivity index (χ1v) is 18.2. The molecule has 0 unspecified atom stereocenters. The third-order valence-electron chi connectivity index (χ3n) is 5.07. The van der Waals surface area contributed by atoms with E-state index in [0.29, 0.717) is 33.0 Å². The van der Waals surface area contributed by atoms with Gasteiger partial charge in [0.1, 0.15) is 0 Å². The smallest absolute Gasteiger partial charge is 0.392 e. The second-order valence-electron chi connectivity index (χ2n) is 7.27. The van der Waals surface area contributed by atoms with Crippen molar-refractivity contribution >= 4 is 26.9 Å². The second kappa shape index (κ2) is 18.4. The first-order valence-electron chi connectivity index (χ1n) is 12.3. The van der Waals surface area contributed by atoms with Crippen molar-refractivity contribution in [3.05, 3.63) is 11.0 Å². The van der Waals surface area contributed by atoms with Gasteiger partial charge in [-0.1, -0.05) is 0 Å². The molecule has 0 radical (unpaired) electrons. The van der Waals surface area contributed by atoms with Gasteiger partial charge in [-0.25, -0.2) is 0 Å². The van der Waals surface area contributed by atoms with Crippen LogP contribution in [0.1, 0.15) is 54.9 Å². The number of nitrogens with one attached hydrogen (secondary N) is 1. The first-order chi connectivity index (χ1) is 14.9. The predicted molar refractivity (Wildman–Crippen MR) is 137 cm³/mol. The van der Waals surface area contributed by atoms with Crippen molar-refractivity contribution in [2.24, 2.45) is 0 Å². The maximum atomic E-state index is 6.21. The molecular formula is C21H50N2O5Si3. The van der Waals surface area contributed by atoms with Crippen LogP contribution in [0.25, 0.3) is 0 Å². The minimum atomic E-state index is -2.54. The van der Waals surface area contributed by atoms with Gasteiger partial charge < -0.3 is 32.3 Å². The number of rotatable bonds is 21. The summed E-state index contributed by atoms with van der Waals surface area (Å²) in [5.41, 5.74) is 0. The van der Waals surface area contributed by atoms with Crippen LogP contribution in [0.5, 0.6) is 0 Å². The minimum absolute atomic E-state index is 0.534. The fourth-order valence-corrected chi connectivity index (χ4v) is 12.1. The van der Waals surface area contributed by atoms with E-state index in [4.69, 9.17) is 22.1 Å². The van der Waals surface area contributed by atoms with Gasteiger partial charge in [-0.3, -0.25) is 0 Å². The summed E-state index contributed by atoms with van der Waals surface area (Å²) >= 11 is 0. The quantitative estimate of drug-likeness (QED) is 0.194. The summed E-state index contributed by atoms with van der Waals surface area (Å²) in [4.78, 5) is 3.80. The second-order valence-corrected chi connectivity index (χ2v) is 15.6. The summed E-state index contributed by atoms with van der Waals surface area (Å²) in [6, 6.07) is 0.851. The standard InChI is InChI=1S/C21H50N2O5Si3/c1-9-23(10-2)19-21(30(8,24-11-3)25-12-4)29-20-22-17-16-18-31(26-13-5,27-14-6)28-15-7/h19,22H,9-18,20,29H2,1-8H3. The topological polar surface area (TPSA) is 61.4 Å². The Morgan fingerprint density at radius 1 is 0.806 bits per heavy atom. The maximum absolute atomic E-state index is 6.21. The summed E-state index contributed by atoms with van der Waals surface area (Å²) in [5.74, 6) is 0. The molecule has 7 nitrogen and oxygen atoms in total. The van der Waals surface area contributed by atoms with Crippen LogP contribution in [0, 0.1) is 0 Å². The average Bonchev–Trinajstić information content (AvgIpc) is 2.73. The maximum Gasteiger partial charge on any atom is 0.500 e. The molecule has 0 heterocycles. The predicted octanol–water partition coefficient (Wildman–Crippen LogP) is 3.01. The zero-order chi connectivity index (χ0) is 23.6. The van der Waals surface area contributed by atoms with Crippen LogP contribution in [0.4, 0.5) is 0 Å². The summed E-state index contributed by atoms with van der Waals surface area (Å²) in [5, 5.41) is 3.65. The molecule has 0 saturated heterocycles. The van der Waals surface area contributed by atoms with E-state index >= 15 is 0 Å². The largest absolute Gasteiger partial charge is 0.500 e. The molecule has 186 valence electrons. The van der Waals surface area contributed by atoms with Gasteiger partial charge in [-0.15, -0.1) is 0 Å². The molecule has 0 atom stereocenters. The highest BCUT2D eigenvalue weighted by molar-refractivity contribution is 6.86. The van der Waals surface area contributed by atoms with Crippen molar-refractivity contribution in [3.8, 4) is 0 Å². The number of hydrogen-bond donors (Lipinski definition) is 1. The molecule has 0 aromatic rings. The van der Waals surface area contributed by atoms with Crippen molar-refractivity contribution in [1.82, 2.24) is 10.2 Å². The normalized spacial score (nSPS) is 13.5. The van der Waals surface area contributed by atoms with Crippen molar-refractivity contribution in [1.29, 1.82) is 0 Å². The Labute approximate surface area is 196 Å². The van der Waals surface area contributed by atoms with Gasteiger partial charge in [-0.2, -0.15) is 0 Å². The Morgan fingerprint density at radius 2 is 1.29 bits per heavy atom. The minimum Gasteiger partial charge on any atom is -0.392 e. The molecule has 0 fully saturated rings.